The summed E-state index contributed by atoms with van der Waals surface area (Å²) in [5, 5.41) is 45.1. The average molecular weight is 371 g/mol. The number of nitrogens with zero attached hydrogens (tertiary/aromatic N) is 1. The predicted molar refractivity (Wildman–Crippen MR) is 93.2 cm³/mol. The summed E-state index contributed by atoms with van der Waals surface area (Å²) >= 11 is 5.04. The molecule has 1 saturated heterocycles. The fourth-order valence-corrected chi connectivity index (χ4v) is 2.44. The molecule has 0 spiro atoms. The molecule has 1 aliphatic rings. The summed E-state index contributed by atoms with van der Waals surface area (Å²) in [4.78, 5) is 0. The molecule has 1 aromatic carbocycles. The molecule has 0 unspecified atom stereocenters. The van der Waals surface area contributed by atoms with E-state index in [2.05, 4.69) is 15.8 Å². The van der Waals surface area contributed by atoms with E-state index in [0.29, 0.717) is 5.75 Å². The van der Waals surface area contributed by atoms with Gasteiger partial charge in [0.25, 0.3) is 0 Å². The van der Waals surface area contributed by atoms with Crippen molar-refractivity contribution in [3.05, 3.63) is 29.8 Å². The number of hydrazone groups is 1. The van der Waals surface area contributed by atoms with Crippen LogP contribution in [0.3, 0.4) is 0 Å². The monoisotopic (exact) mass is 371 g/mol. The normalized spacial score (nSPS) is 29.4. The number of ether oxygens (including phenoxy) is 2. The Morgan fingerprint density at radius 1 is 1.32 bits per heavy atom. The van der Waals surface area contributed by atoms with Gasteiger partial charge in [-0.2, -0.15) is 5.10 Å². The van der Waals surface area contributed by atoms with Crippen LogP contribution >= 0.6 is 12.2 Å². The molecule has 0 amide bonds. The molecular formula is C15H21N3O6S. The van der Waals surface area contributed by atoms with Crippen molar-refractivity contribution in [3.63, 3.8) is 0 Å². The van der Waals surface area contributed by atoms with E-state index < -0.39 is 37.3 Å². The number of hydrogen-bond donors (Lipinski definition) is 6. The van der Waals surface area contributed by atoms with Gasteiger partial charge in [-0.05, 0) is 29.9 Å². The number of aliphatic hydroxyl groups is 4. The molecule has 6 N–H and O–H groups in total. The van der Waals surface area contributed by atoms with Crippen molar-refractivity contribution in [1.82, 2.24) is 10.7 Å². The number of hydrogen-bond acceptors (Lipinski definition) is 8. The Labute approximate surface area is 149 Å². The third-order valence-corrected chi connectivity index (χ3v) is 3.85. The summed E-state index contributed by atoms with van der Waals surface area (Å²) in [6.45, 7) is -0.517. The molecule has 25 heavy (non-hydrogen) atoms. The number of rotatable bonds is 5. The minimum absolute atomic E-state index is 0.0310. The Balaban J connectivity index is 1.89. The first-order valence-electron chi connectivity index (χ1n) is 7.50. The fraction of sp³-hybridized carbons (Fsp3) is 0.467. The maximum atomic E-state index is 9.91. The van der Waals surface area contributed by atoms with Gasteiger partial charge in [0.1, 0.15) is 30.2 Å². The smallest absolute Gasteiger partial charge is 0.189 e. The first kappa shape index (κ1) is 19.5. The SMILES string of the molecule is COc1cccc(/C=N/NC(=S)N[C@@H]2O[C@H](CO)[C@@H](O)[C@H](O)[C@H]2O)c1. The lowest BCUT2D eigenvalue weighted by molar-refractivity contribution is -0.232. The van der Waals surface area contributed by atoms with E-state index in [1.165, 1.54) is 6.21 Å². The van der Waals surface area contributed by atoms with E-state index in [0.717, 1.165) is 5.56 Å². The molecule has 1 heterocycles. The second kappa shape index (κ2) is 9.04. The molecule has 10 heteroatoms. The predicted octanol–water partition coefficient (Wildman–Crippen LogP) is -1.71. The molecule has 1 fully saturated rings. The lowest BCUT2D eigenvalue weighted by Crippen LogP contribution is -2.63. The van der Waals surface area contributed by atoms with Gasteiger partial charge in [0.15, 0.2) is 11.3 Å². The summed E-state index contributed by atoms with van der Waals surface area (Å²) < 4.78 is 10.4. The molecular weight excluding hydrogens is 350 g/mol. The van der Waals surface area contributed by atoms with Crippen LogP contribution in [0.4, 0.5) is 0 Å². The highest BCUT2D eigenvalue weighted by molar-refractivity contribution is 7.80. The number of aliphatic hydroxyl groups excluding tert-OH is 4. The van der Waals surface area contributed by atoms with Crippen LogP contribution < -0.4 is 15.5 Å². The zero-order valence-electron chi connectivity index (χ0n) is 13.4. The molecule has 1 aromatic rings. The van der Waals surface area contributed by atoms with E-state index in [9.17, 15) is 15.3 Å². The summed E-state index contributed by atoms with van der Waals surface area (Å²) in [5.41, 5.74) is 3.33. The molecule has 0 radical (unpaired) electrons. The standard InChI is InChI=1S/C15H21N3O6S/c1-23-9-4-2-3-8(5-9)6-16-18-15(25)17-14-13(22)12(21)11(20)10(7-19)24-14/h2-6,10-14,19-22H,7H2,1H3,(H2,17,18,25)/b16-6+/t10-,11-,12+,13-,14-/m1/s1. The third-order valence-electron chi connectivity index (χ3n) is 3.64. The summed E-state index contributed by atoms with van der Waals surface area (Å²) in [7, 11) is 1.56. The van der Waals surface area contributed by atoms with Crippen molar-refractivity contribution >= 4 is 23.5 Å². The lowest BCUT2D eigenvalue weighted by atomic mass is 9.98. The first-order valence-corrected chi connectivity index (χ1v) is 7.91. The Bertz CT molecular complexity index is 615. The maximum Gasteiger partial charge on any atom is 0.189 e. The number of methoxy groups -OCH3 is 1. The Morgan fingerprint density at radius 2 is 2.08 bits per heavy atom. The average Bonchev–Trinajstić information content (AvgIpc) is 2.62. The van der Waals surface area contributed by atoms with Gasteiger partial charge in [0.05, 0.1) is 19.9 Å². The van der Waals surface area contributed by atoms with Crippen molar-refractivity contribution in [2.24, 2.45) is 5.10 Å². The minimum Gasteiger partial charge on any atom is -0.497 e. The van der Waals surface area contributed by atoms with Gasteiger partial charge in [0.2, 0.25) is 0 Å². The second-order valence-corrected chi connectivity index (χ2v) is 5.78. The van der Waals surface area contributed by atoms with Crippen LogP contribution in [0, 0.1) is 0 Å². The molecule has 0 bridgehead atoms. The third kappa shape index (κ3) is 5.08. The zero-order chi connectivity index (χ0) is 18.4. The number of thiocarbonyl (C=S) groups is 1. The molecule has 0 aromatic heterocycles. The highest BCUT2D eigenvalue weighted by Gasteiger charge is 2.43. The first-order chi connectivity index (χ1) is 12.0. The van der Waals surface area contributed by atoms with Crippen LogP contribution in [-0.2, 0) is 4.74 Å². The van der Waals surface area contributed by atoms with E-state index in [1.807, 2.05) is 12.1 Å². The van der Waals surface area contributed by atoms with E-state index in [1.54, 1.807) is 19.2 Å². The van der Waals surface area contributed by atoms with Gasteiger partial charge in [-0.15, -0.1) is 0 Å². The molecule has 5 atom stereocenters. The fourth-order valence-electron chi connectivity index (χ4n) is 2.27. The highest BCUT2D eigenvalue weighted by atomic mass is 32.1. The van der Waals surface area contributed by atoms with Crippen LogP contribution in [0.1, 0.15) is 5.56 Å². The van der Waals surface area contributed by atoms with Crippen molar-refractivity contribution in [2.45, 2.75) is 30.6 Å². The lowest BCUT2D eigenvalue weighted by Gasteiger charge is -2.40. The van der Waals surface area contributed by atoms with Gasteiger partial charge in [-0.25, -0.2) is 0 Å². The van der Waals surface area contributed by atoms with Gasteiger partial charge in [-0.3, -0.25) is 5.43 Å². The minimum atomic E-state index is -1.48. The summed E-state index contributed by atoms with van der Waals surface area (Å²) in [6.07, 6.45) is -4.94. The van der Waals surface area contributed by atoms with Gasteiger partial charge in [0, 0.05) is 0 Å². The summed E-state index contributed by atoms with van der Waals surface area (Å²) in [5.74, 6) is 0.686. The van der Waals surface area contributed by atoms with Crippen LogP contribution in [0.2, 0.25) is 0 Å². The van der Waals surface area contributed by atoms with Crippen molar-refractivity contribution in [2.75, 3.05) is 13.7 Å². The highest BCUT2D eigenvalue weighted by Crippen LogP contribution is 2.19. The number of benzene rings is 1. The van der Waals surface area contributed by atoms with Gasteiger partial charge in [-0.1, -0.05) is 12.1 Å². The second-order valence-electron chi connectivity index (χ2n) is 5.37. The molecule has 1 aliphatic heterocycles. The van der Waals surface area contributed by atoms with E-state index >= 15 is 0 Å². The molecule has 0 aliphatic carbocycles. The molecule has 9 nitrogen and oxygen atoms in total. The van der Waals surface area contributed by atoms with Crippen LogP contribution in [0.25, 0.3) is 0 Å². The quantitative estimate of drug-likeness (QED) is 0.203. The van der Waals surface area contributed by atoms with Crippen molar-refractivity contribution < 1.29 is 29.9 Å². The summed E-state index contributed by atoms with van der Waals surface area (Å²) in [6, 6.07) is 7.21. The van der Waals surface area contributed by atoms with E-state index in [4.69, 9.17) is 26.8 Å². The molecule has 0 saturated carbocycles. The van der Waals surface area contributed by atoms with Crippen LogP contribution in [0.15, 0.2) is 29.4 Å². The van der Waals surface area contributed by atoms with Crippen LogP contribution in [0.5, 0.6) is 5.75 Å². The molecule has 2 rings (SSSR count). The van der Waals surface area contributed by atoms with Gasteiger partial charge < -0.3 is 35.2 Å². The van der Waals surface area contributed by atoms with Crippen molar-refractivity contribution in [1.29, 1.82) is 0 Å². The van der Waals surface area contributed by atoms with E-state index in [-0.39, 0.29) is 5.11 Å². The Hall–Kier alpha value is -1.82. The van der Waals surface area contributed by atoms with Crippen molar-refractivity contribution in [3.8, 4) is 5.75 Å². The van der Waals surface area contributed by atoms with Crippen LogP contribution in [-0.4, -0.2) is 76.1 Å². The van der Waals surface area contributed by atoms with Gasteiger partial charge >= 0.3 is 0 Å². The maximum absolute atomic E-state index is 9.91. The molecule has 138 valence electrons. The number of nitrogens with one attached hydrogen (secondary N) is 2. The Kier molecular flexibility index (Phi) is 7.05. The zero-order valence-corrected chi connectivity index (χ0v) is 14.3. The topological polar surface area (TPSA) is 136 Å². The Morgan fingerprint density at radius 3 is 2.76 bits per heavy atom. The largest absolute Gasteiger partial charge is 0.497 e.